The van der Waals surface area contributed by atoms with Crippen molar-refractivity contribution in [1.82, 2.24) is 14.9 Å². The van der Waals surface area contributed by atoms with E-state index in [0.29, 0.717) is 11.4 Å². The molecule has 0 aliphatic rings. The fourth-order valence-electron chi connectivity index (χ4n) is 3.57. The van der Waals surface area contributed by atoms with Crippen molar-refractivity contribution < 1.29 is 9.59 Å². The molecule has 2 N–H and O–H groups in total. The Morgan fingerprint density at radius 2 is 1.55 bits per heavy atom. The maximum absolute atomic E-state index is 12.8. The van der Waals surface area contributed by atoms with Crippen LogP contribution in [-0.4, -0.2) is 21.4 Å². The lowest BCUT2D eigenvalue weighted by Gasteiger charge is -2.12. The van der Waals surface area contributed by atoms with Crippen LogP contribution in [0.3, 0.4) is 0 Å². The number of hydrogen-bond donors (Lipinski definition) is 2. The first-order valence-electron chi connectivity index (χ1n) is 10.2. The minimum absolute atomic E-state index is 0.102. The number of amides is 2. The highest BCUT2D eigenvalue weighted by atomic mass is 16.2. The average Bonchev–Trinajstić information content (AvgIpc) is 3.11. The molecule has 2 amide bonds. The van der Waals surface area contributed by atoms with Crippen LogP contribution >= 0.6 is 0 Å². The van der Waals surface area contributed by atoms with Crippen molar-refractivity contribution in [2.24, 2.45) is 0 Å². The zero-order chi connectivity index (χ0) is 21.8. The number of benzene rings is 3. The van der Waals surface area contributed by atoms with Gasteiger partial charge in [-0.2, -0.15) is 0 Å². The molecule has 4 rings (SSSR count). The molecule has 0 radical (unpaired) electrons. The summed E-state index contributed by atoms with van der Waals surface area (Å²) in [5.74, 6) is 0.313. The van der Waals surface area contributed by atoms with Gasteiger partial charge in [0.05, 0.1) is 17.6 Å². The number of imidazole rings is 1. The molecule has 6 nitrogen and oxygen atoms in total. The van der Waals surface area contributed by atoms with E-state index >= 15 is 0 Å². The van der Waals surface area contributed by atoms with Gasteiger partial charge in [-0.3, -0.25) is 9.59 Å². The second kappa shape index (κ2) is 8.83. The maximum Gasteiger partial charge on any atom is 0.251 e. The van der Waals surface area contributed by atoms with Gasteiger partial charge in [0.2, 0.25) is 5.91 Å². The smallest absolute Gasteiger partial charge is 0.251 e. The first-order chi connectivity index (χ1) is 15.0. The Kier molecular flexibility index (Phi) is 5.80. The molecule has 156 valence electrons. The number of nitrogens with zero attached hydrogens (tertiary/aromatic N) is 2. The van der Waals surface area contributed by atoms with Gasteiger partial charge in [0.15, 0.2) is 0 Å². The lowest BCUT2D eigenvalue weighted by molar-refractivity contribution is -0.116. The predicted octanol–water partition coefficient (Wildman–Crippen LogP) is 4.22. The predicted molar refractivity (Wildman–Crippen MR) is 122 cm³/mol. The lowest BCUT2D eigenvalue weighted by Crippen LogP contribution is -2.27. The van der Waals surface area contributed by atoms with Gasteiger partial charge in [0, 0.05) is 11.3 Å². The van der Waals surface area contributed by atoms with Gasteiger partial charge < -0.3 is 15.2 Å². The minimum Gasteiger partial charge on any atom is -0.345 e. The number of carbonyl (C=O) groups is 2. The van der Waals surface area contributed by atoms with Crippen molar-refractivity contribution in [2.75, 3.05) is 5.32 Å². The van der Waals surface area contributed by atoms with Crippen LogP contribution in [0.1, 0.15) is 27.3 Å². The molecule has 0 fully saturated rings. The molecular formula is C25H24N4O2. The number of aryl methyl sites for hydroxylation is 2. The molecule has 0 aliphatic carbocycles. The molecule has 0 atom stereocenters. The van der Waals surface area contributed by atoms with Crippen molar-refractivity contribution in [1.29, 1.82) is 0 Å². The van der Waals surface area contributed by atoms with E-state index in [1.54, 1.807) is 6.07 Å². The van der Waals surface area contributed by atoms with E-state index in [0.717, 1.165) is 27.8 Å². The van der Waals surface area contributed by atoms with Crippen molar-refractivity contribution in [2.45, 2.75) is 26.9 Å². The number of nitrogens with one attached hydrogen (secondary N) is 2. The topological polar surface area (TPSA) is 76.0 Å². The SMILES string of the molecule is Cc1ccccc1NC(=O)Cn1c(CNC(=O)c2ccccc2C)nc2ccccc21. The monoisotopic (exact) mass is 412 g/mol. The second-order valence-corrected chi connectivity index (χ2v) is 7.46. The normalized spacial score (nSPS) is 10.8. The molecule has 31 heavy (non-hydrogen) atoms. The van der Waals surface area contributed by atoms with Gasteiger partial charge in [0.1, 0.15) is 12.4 Å². The Balaban J connectivity index is 1.56. The first kappa shape index (κ1) is 20.3. The molecule has 0 saturated carbocycles. The minimum atomic E-state index is -0.166. The summed E-state index contributed by atoms with van der Waals surface area (Å²) < 4.78 is 1.85. The Hall–Kier alpha value is -3.93. The van der Waals surface area contributed by atoms with Gasteiger partial charge in [-0.25, -0.2) is 4.98 Å². The molecule has 6 heteroatoms. The third-order valence-electron chi connectivity index (χ3n) is 5.25. The van der Waals surface area contributed by atoms with E-state index in [2.05, 4.69) is 15.6 Å². The van der Waals surface area contributed by atoms with Crippen LogP contribution in [0.25, 0.3) is 11.0 Å². The second-order valence-electron chi connectivity index (χ2n) is 7.46. The summed E-state index contributed by atoms with van der Waals surface area (Å²) in [6, 6.07) is 22.7. The Morgan fingerprint density at radius 1 is 0.871 bits per heavy atom. The standard InChI is InChI=1S/C25H24N4O2/c1-17-9-3-5-11-19(17)25(31)26-15-23-27-21-13-7-8-14-22(21)29(23)16-24(30)28-20-12-6-4-10-18(20)2/h3-14H,15-16H2,1-2H3,(H,26,31)(H,28,30). The Morgan fingerprint density at radius 3 is 2.32 bits per heavy atom. The summed E-state index contributed by atoms with van der Waals surface area (Å²) in [7, 11) is 0. The zero-order valence-corrected chi connectivity index (χ0v) is 17.6. The highest BCUT2D eigenvalue weighted by molar-refractivity contribution is 5.95. The van der Waals surface area contributed by atoms with Gasteiger partial charge in [-0.1, -0.05) is 48.5 Å². The fraction of sp³-hybridized carbons (Fsp3) is 0.160. The molecule has 0 unspecified atom stereocenters. The van der Waals surface area contributed by atoms with Gasteiger partial charge in [0.25, 0.3) is 5.91 Å². The number of anilines is 1. The number of hydrogen-bond acceptors (Lipinski definition) is 3. The highest BCUT2D eigenvalue weighted by Gasteiger charge is 2.16. The van der Waals surface area contributed by atoms with Crippen molar-refractivity contribution >= 4 is 28.5 Å². The zero-order valence-electron chi connectivity index (χ0n) is 17.6. The number of para-hydroxylation sites is 3. The van der Waals surface area contributed by atoms with Crippen LogP contribution in [0.5, 0.6) is 0 Å². The van der Waals surface area contributed by atoms with Crippen molar-refractivity contribution in [3.05, 3.63) is 95.3 Å². The van der Waals surface area contributed by atoms with Crippen LogP contribution in [0.2, 0.25) is 0 Å². The summed E-state index contributed by atoms with van der Waals surface area (Å²) in [4.78, 5) is 30.1. The summed E-state index contributed by atoms with van der Waals surface area (Å²) in [5.41, 5.74) is 4.95. The van der Waals surface area contributed by atoms with E-state index in [1.807, 2.05) is 85.1 Å². The van der Waals surface area contributed by atoms with Gasteiger partial charge in [-0.05, 0) is 49.2 Å². The van der Waals surface area contributed by atoms with E-state index in [9.17, 15) is 9.59 Å². The quantitative estimate of drug-likeness (QED) is 0.498. The molecule has 1 aromatic heterocycles. The first-order valence-corrected chi connectivity index (χ1v) is 10.2. The molecular weight excluding hydrogens is 388 g/mol. The van der Waals surface area contributed by atoms with Gasteiger partial charge in [-0.15, -0.1) is 0 Å². The van der Waals surface area contributed by atoms with Crippen molar-refractivity contribution in [3.63, 3.8) is 0 Å². The molecule has 0 bridgehead atoms. The van der Waals surface area contributed by atoms with E-state index in [4.69, 9.17) is 0 Å². The molecule has 0 aliphatic heterocycles. The van der Waals surface area contributed by atoms with E-state index < -0.39 is 0 Å². The van der Waals surface area contributed by atoms with Gasteiger partial charge >= 0.3 is 0 Å². The average molecular weight is 412 g/mol. The third-order valence-corrected chi connectivity index (χ3v) is 5.25. The van der Waals surface area contributed by atoms with Crippen molar-refractivity contribution in [3.8, 4) is 0 Å². The molecule has 0 saturated heterocycles. The highest BCUT2D eigenvalue weighted by Crippen LogP contribution is 2.18. The number of aromatic nitrogens is 2. The molecule has 0 spiro atoms. The maximum atomic E-state index is 12.8. The van der Waals surface area contributed by atoms with Crippen LogP contribution in [0.4, 0.5) is 5.69 Å². The molecule has 1 heterocycles. The van der Waals surface area contributed by atoms with Crippen LogP contribution in [0.15, 0.2) is 72.8 Å². The largest absolute Gasteiger partial charge is 0.345 e. The number of rotatable bonds is 6. The van der Waals surface area contributed by atoms with Crippen LogP contribution < -0.4 is 10.6 Å². The summed E-state index contributed by atoms with van der Waals surface area (Å²) in [6.45, 7) is 4.18. The summed E-state index contributed by atoms with van der Waals surface area (Å²) in [5, 5.41) is 5.90. The number of fused-ring (bicyclic) bond motifs is 1. The summed E-state index contributed by atoms with van der Waals surface area (Å²) in [6.07, 6.45) is 0. The third kappa shape index (κ3) is 4.48. The Bertz CT molecular complexity index is 1260. The number of carbonyl (C=O) groups excluding carboxylic acids is 2. The van der Waals surface area contributed by atoms with E-state index in [1.165, 1.54) is 0 Å². The lowest BCUT2D eigenvalue weighted by atomic mass is 10.1. The Labute approximate surface area is 180 Å². The summed E-state index contributed by atoms with van der Waals surface area (Å²) >= 11 is 0. The van der Waals surface area contributed by atoms with E-state index in [-0.39, 0.29) is 24.9 Å². The fourth-order valence-corrected chi connectivity index (χ4v) is 3.57. The molecule has 4 aromatic rings. The van der Waals surface area contributed by atoms with Crippen LogP contribution in [-0.2, 0) is 17.9 Å². The molecule has 3 aromatic carbocycles. The van der Waals surface area contributed by atoms with Crippen LogP contribution in [0, 0.1) is 13.8 Å².